The van der Waals surface area contributed by atoms with Gasteiger partial charge in [-0.25, -0.2) is 18.2 Å². The third-order valence-corrected chi connectivity index (χ3v) is 8.92. The molecule has 1 amide bonds. The number of hydrogen-bond donors (Lipinski definition) is 2. The molecule has 10 heteroatoms. The fourth-order valence-electron chi connectivity index (χ4n) is 5.39. The Kier molecular flexibility index (Phi) is 10.7. The Morgan fingerprint density at radius 2 is 1.65 bits per heavy atom. The highest BCUT2D eigenvalue weighted by atomic mass is 32.2. The fourth-order valence-corrected chi connectivity index (χ4v) is 6.34. The van der Waals surface area contributed by atoms with Gasteiger partial charge in [-0.15, -0.1) is 0 Å². The highest BCUT2D eigenvalue weighted by molar-refractivity contribution is 7.92. The lowest BCUT2D eigenvalue weighted by Gasteiger charge is -2.30. The van der Waals surface area contributed by atoms with Crippen molar-refractivity contribution >= 4 is 27.8 Å². The van der Waals surface area contributed by atoms with Gasteiger partial charge in [-0.05, 0) is 66.8 Å². The molecule has 232 valence electrons. The molecule has 3 unspecified atom stereocenters. The molecule has 1 aromatic heterocycles. The van der Waals surface area contributed by atoms with Gasteiger partial charge in [0.1, 0.15) is 11.6 Å². The van der Waals surface area contributed by atoms with Crippen LogP contribution in [0.2, 0.25) is 0 Å². The molecular weight excluding hydrogens is 564 g/mol. The summed E-state index contributed by atoms with van der Waals surface area (Å²) in [5.41, 5.74) is 2.04. The maximum absolute atomic E-state index is 12.8. The van der Waals surface area contributed by atoms with Gasteiger partial charge in [0.25, 0.3) is 0 Å². The summed E-state index contributed by atoms with van der Waals surface area (Å²) in [5.74, 6) is 2.25. The number of amides is 1. The minimum absolute atomic E-state index is 0.124. The molecule has 3 atom stereocenters. The quantitative estimate of drug-likeness (QED) is 0.214. The van der Waals surface area contributed by atoms with Gasteiger partial charge in [-0.1, -0.05) is 74.5 Å². The molecule has 1 aliphatic carbocycles. The second-order valence-electron chi connectivity index (χ2n) is 12.0. The van der Waals surface area contributed by atoms with Crippen molar-refractivity contribution in [3.05, 3.63) is 89.5 Å². The van der Waals surface area contributed by atoms with Crippen molar-refractivity contribution in [1.82, 2.24) is 10.3 Å². The van der Waals surface area contributed by atoms with Gasteiger partial charge in [0, 0.05) is 19.6 Å². The molecular formula is C33H44N4O5S. The van der Waals surface area contributed by atoms with E-state index in [4.69, 9.17) is 9.72 Å². The SMILES string of the molecule is CCCN(c1cc(COCC(C)(Cc2ccccc2)NC(=O)O)cc(N(Cc2ccccc2)CC2CC2C)n1)S(C)(=O)=O. The van der Waals surface area contributed by atoms with Crippen LogP contribution in [0.3, 0.4) is 0 Å². The first kappa shape index (κ1) is 32.3. The standard InChI is InChI=1S/C33H44N4O5S/c1-5-16-37(43(4,40)41)31-19-28(23-42-24-33(3,35-32(38)39)20-26-12-8-6-9-13-26)18-30(34-31)36(22-29-17-25(29)2)21-27-14-10-7-11-15-27/h6-15,18-19,25,29,35H,5,16-17,20-24H2,1-4H3,(H,38,39). The monoisotopic (exact) mass is 608 g/mol. The number of sulfonamides is 1. The van der Waals surface area contributed by atoms with Crippen LogP contribution < -0.4 is 14.5 Å². The number of anilines is 2. The van der Waals surface area contributed by atoms with Crippen LogP contribution in [0.25, 0.3) is 0 Å². The number of nitrogens with zero attached hydrogens (tertiary/aromatic N) is 3. The van der Waals surface area contributed by atoms with Gasteiger partial charge >= 0.3 is 6.09 Å². The third-order valence-electron chi connectivity index (χ3n) is 7.75. The number of rotatable bonds is 16. The summed E-state index contributed by atoms with van der Waals surface area (Å²) in [6, 6.07) is 23.6. The van der Waals surface area contributed by atoms with E-state index in [-0.39, 0.29) is 13.2 Å². The maximum Gasteiger partial charge on any atom is 0.405 e. The summed E-state index contributed by atoms with van der Waals surface area (Å²) >= 11 is 0. The highest BCUT2D eigenvalue weighted by Gasteiger charge is 2.35. The molecule has 3 aromatic rings. The maximum atomic E-state index is 12.8. The molecule has 2 aromatic carbocycles. The van der Waals surface area contributed by atoms with E-state index in [1.165, 1.54) is 10.6 Å². The Morgan fingerprint density at radius 1 is 1.05 bits per heavy atom. The van der Waals surface area contributed by atoms with Crippen LogP contribution in [-0.4, -0.2) is 56.1 Å². The van der Waals surface area contributed by atoms with Crippen LogP contribution in [0.5, 0.6) is 0 Å². The van der Waals surface area contributed by atoms with Crippen LogP contribution in [0.15, 0.2) is 72.8 Å². The van der Waals surface area contributed by atoms with Gasteiger partial charge in [-0.3, -0.25) is 4.31 Å². The van der Waals surface area contributed by atoms with Gasteiger partial charge in [0.2, 0.25) is 10.0 Å². The number of hydrogen-bond acceptors (Lipinski definition) is 6. The smallest absolute Gasteiger partial charge is 0.405 e. The van der Waals surface area contributed by atoms with E-state index in [0.29, 0.717) is 49.4 Å². The normalized spacial score (nSPS) is 17.6. The van der Waals surface area contributed by atoms with E-state index in [0.717, 1.165) is 29.7 Å². The first-order valence-electron chi connectivity index (χ1n) is 14.9. The summed E-state index contributed by atoms with van der Waals surface area (Å²) in [7, 11) is -3.57. The minimum atomic E-state index is -3.57. The summed E-state index contributed by atoms with van der Waals surface area (Å²) in [5, 5.41) is 12.2. The summed E-state index contributed by atoms with van der Waals surface area (Å²) in [6.45, 7) is 8.07. The molecule has 1 heterocycles. The largest absolute Gasteiger partial charge is 0.465 e. The van der Waals surface area contributed by atoms with Crippen molar-refractivity contribution < 1.29 is 23.1 Å². The number of ether oxygens (including phenoxy) is 1. The molecule has 1 saturated carbocycles. The number of nitrogens with one attached hydrogen (secondary N) is 1. The predicted octanol–water partition coefficient (Wildman–Crippen LogP) is 5.71. The number of benzene rings is 2. The zero-order chi connectivity index (χ0) is 31.0. The van der Waals surface area contributed by atoms with Gasteiger partial charge in [0.05, 0.1) is 25.0 Å². The summed E-state index contributed by atoms with van der Waals surface area (Å²) in [6.07, 6.45) is 2.33. The van der Waals surface area contributed by atoms with Crippen molar-refractivity contribution in [3.8, 4) is 0 Å². The Morgan fingerprint density at radius 3 is 2.21 bits per heavy atom. The average Bonchev–Trinajstić information content (AvgIpc) is 3.65. The third kappa shape index (κ3) is 9.69. The number of carbonyl (C=O) groups is 1. The molecule has 4 rings (SSSR count). The van der Waals surface area contributed by atoms with E-state index in [1.807, 2.05) is 68.4 Å². The molecule has 1 fully saturated rings. The van der Waals surface area contributed by atoms with Crippen LogP contribution in [0, 0.1) is 11.8 Å². The zero-order valence-corrected chi connectivity index (χ0v) is 26.4. The predicted molar refractivity (Wildman–Crippen MR) is 171 cm³/mol. The van der Waals surface area contributed by atoms with Crippen LogP contribution in [0.4, 0.5) is 16.4 Å². The number of carboxylic acid groups (broad SMARTS) is 1. The van der Waals surface area contributed by atoms with Crippen molar-refractivity contribution in [3.63, 3.8) is 0 Å². The van der Waals surface area contributed by atoms with Gasteiger partial charge < -0.3 is 20.1 Å². The van der Waals surface area contributed by atoms with E-state index >= 15 is 0 Å². The molecule has 1 aliphatic rings. The Hall–Kier alpha value is -3.63. The van der Waals surface area contributed by atoms with Crippen molar-refractivity contribution in [2.75, 3.05) is 35.2 Å². The first-order valence-corrected chi connectivity index (χ1v) is 16.7. The summed E-state index contributed by atoms with van der Waals surface area (Å²) in [4.78, 5) is 18.8. The number of aromatic nitrogens is 1. The molecule has 43 heavy (non-hydrogen) atoms. The highest BCUT2D eigenvalue weighted by Crippen LogP contribution is 2.39. The van der Waals surface area contributed by atoms with Crippen molar-refractivity contribution in [1.29, 1.82) is 0 Å². The minimum Gasteiger partial charge on any atom is -0.465 e. The Labute approximate surface area is 255 Å². The zero-order valence-electron chi connectivity index (χ0n) is 25.6. The fraction of sp³-hybridized carbons (Fsp3) is 0.455. The molecule has 0 aliphatic heterocycles. The summed E-state index contributed by atoms with van der Waals surface area (Å²) < 4.78 is 33.2. The van der Waals surface area contributed by atoms with Crippen molar-refractivity contribution in [2.24, 2.45) is 11.8 Å². The number of pyridine rings is 1. The van der Waals surface area contributed by atoms with E-state index in [2.05, 4.69) is 29.3 Å². The second-order valence-corrected chi connectivity index (χ2v) is 13.9. The molecule has 9 nitrogen and oxygen atoms in total. The molecule has 0 radical (unpaired) electrons. The van der Waals surface area contributed by atoms with Crippen LogP contribution in [0.1, 0.15) is 50.3 Å². The average molecular weight is 609 g/mol. The first-order chi connectivity index (χ1) is 20.5. The topological polar surface area (TPSA) is 112 Å². The Balaban J connectivity index is 1.64. The van der Waals surface area contributed by atoms with Gasteiger partial charge in [0.15, 0.2) is 0 Å². The lowest BCUT2D eigenvalue weighted by atomic mass is 9.94. The second kappa shape index (κ2) is 14.2. The Bertz CT molecular complexity index is 1450. The van der Waals surface area contributed by atoms with E-state index in [9.17, 15) is 18.3 Å². The lowest BCUT2D eigenvalue weighted by Crippen LogP contribution is -2.50. The van der Waals surface area contributed by atoms with Gasteiger partial charge in [-0.2, -0.15) is 0 Å². The molecule has 2 N–H and O–H groups in total. The molecule has 0 saturated heterocycles. The van der Waals surface area contributed by atoms with Crippen LogP contribution in [-0.2, 0) is 34.3 Å². The van der Waals surface area contributed by atoms with E-state index < -0.39 is 21.7 Å². The van der Waals surface area contributed by atoms with Crippen LogP contribution >= 0.6 is 0 Å². The molecule has 0 bridgehead atoms. The lowest BCUT2D eigenvalue weighted by molar-refractivity contribution is 0.0633. The van der Waals surface area contributed by atoms with Crippen molar-refractivity contribution in [2.45, 2.75) is 58.7 Å². The van der Waals surface area contributed by atoms with E-state index in [1.54, 1.807) is 6.07 Å². The molecule has 0 spiro atoms.